The molecule has 2 aliphatic heterocycles. The van der Waals surface area contributed by atoms with E-state index in [9.17, 15) is 18.7 Å². The molecule has 6 nitrogen and oxygen atoms in total. The molecule has 172 valence electrons. The molecule has 4 atom stereocenters. The molecule has 2 fully saturated rings. The van der Waals surface area contributed by atoms with E-state index < -0.39 is 29.9 Å². The van der Waals surface area contributed by atoms with Crippen molar-refractivity contribution in [2.45, 2.75) is 50.0 Å². The van der Waals surface area contributed by atoms with Crippen LogP contribution in [0.2, 0.25) is 0 Å². The molecule has 0 bridgehead atoms. The van der Waals surface area contributed by atoms with Gasteiger partial charge in [-0.25, -0.2) is 13.6 Å². The lowest BCUT2D eigenvalue weighted by molar-refractivity contribution is 0.0189. The summed E-state index contributed by atoms with van der Waals surface area (Å²) in [6.07, 6.45) is 1.76. The first-order valence-corrected chi connectivity index (χ1v) is 11.1. The van der Waals surface area contributed by atoms with Gasteiger partial charge in [-0.2, -0.15) is 0 Å². The molecule has 8 heteroatoms. The molecule has 0 radical (unpaired) electrons. The van der Waals surface area contributed by atoms with Gasteiger partial charge in [-0.3, -0.25) is 0 Å². The Labute approximate surface area is 186 Å². The fraction of sp³-hybridized carbons (Fsp3) is 0.458. The van der Waals surface area contributed by atoms with Crippen molar-refractivity contribution in [1.82, 2.24) is 16.0 Å². The van der Waals surface area contributed by atoms with Gasteiger partial charge in [0.05, 0.1) is 6.04 Å². The first kappa shape index (κ1) is 22.6. The van der Waals surface area contributed by atoms with Gasteiger partial charge in [0.15, 0.2) is 11.6 Å². The van der Waals surface area contributed by atoms with E-state index in [0.29, 0.717) is 31.1 Å². The van der Waals surface area contributed by atoms with Crippen LogP contribution in [0.15, 0.2) is 42.5 Å². The first-order chi connectivity index (χ1) is 15.5. The highest BCUT2D eigenvalue weighted by atomic mass is 19.2. The third-order valence-electron chi connectivity index (χ3n) is 6.20. The van der Waals surface area contributed by atoms with Gasteiger partial charge < -0.3 is 25.8 Å². The molecule has 0 spiro atoms. The topological polar surface area (TPSA) is 82.6 Å². The van der Waals surface area contributed by atoms with Crippen molar-refractivity contribution in [2.75, 3.05) is 19.6 Å². The van der Waals surface area contributed by atoms with Crippen LogP contribution in [0.1, 0.15) is 24.8 Å². The maximum Gasteiger partial charge on any atom is 0.407 e. The Balaban J connectivity index is 1.31. The number of carbonyl (C=O) groups is 1. The van der Waals surface area contributed by atoms with E-state index in [1.165, 1.54) is 18.6 Å². The van der Waals surface area contributed by atoms with E-state index in [-0.39, 0.29) is 6.04 Å². The Bertz CT molecular complexity index is 919. The highest BCUT2D eigenvalue weighted by molar-refractivity contribution is 5.67. The van der Waals surface area contributed by atoms with Gasteiger partial charge in [0.25, 0.3) is 0 Å². The highest BCUT2D eigenvalue weighted by Crippen LogP contribution is 2.24. The molecule has 2 aromatic carbocycles. The molecule has 2 heterocycles. The van der Waals surface area contributed by atoms with Crippen LogP contribution in [-0.4, -0.2) is 55.1 Å². The van der Waals surface area contributed by atoms with Crippen LogP contribution in [0.3, 0.4) is 0 Å². The maximum atomic E-state index is 13.5. The van der Waals surface area contributed by atoms with E-state index in [2.05, 4.69) is 16.0 Å². The number of rotatable bonds is 7. The predicted molar refractivity (Wildman–Crippen MR) is 117 cm³/mol. The summed E-state index contributed by atoms with van der Waals surface area (Å²) in [5.74, 6) is -1.75. The van der Waals surface area contributed by atoms with Crippen molar-refractivity contribution in [3.8, 4) is 11.1 Å². The summed E-state index contributed by atoms with van der Waals surface area (Å²) < 4.78 is 32.2. The Morgan fingerprint density at radius 3 is 2.59 bits per heavy atom. The van der Waals surface area contributed by atoms with E-state index in [0.717, 1.165) is 36.6 Å². The summed E-state index contributed by atoms with van der Waals surface area (Å²) in [7, 11) is 0. The molecule has 32 heavy (non-hydrogen) atoms. The first-order valence-electron chi connectivity index (χ1n) is 11.1. The van der Waals surface area contributed by atoms with Crippen LogP contribution in [0.25, 0.3) is 11.1 Å². The molecule has 4 N–H and O–H groups in total. The van der Waals surface area contributed by atoms with Crippen molar-refractivity contribution in [2.24, 2.45) is 0 Å². The van der Waals surface area contributed by atoms with Gasteiger partial charge in [0, 0.05) is 19.1 Å². The number of alkyl carbamates (subject to hydrolysis) is 1. The normalized spacial score (nSPS) is 25.1. The fourth-order valence-corrected chi connectivity index (χ4v) is 4.40. The van der Waals surface area contributed by atoms with Crippen LogP contribution < -0.4 is 16.0 Å². The zero-order chi connectivity index (χ0) is 22.5. The van der Waals surface area contributed by atoms with Crippen molar-refractivity contribution in [1.29, 1.82) is 0 Å². The largest absolute Gasteiger partial charge is 0.442 e. The number of β-amino-alcohol motifs (C(OH)–C–C–N with tert-alkyl or cyclic N) is 1. The smallest absolute Gasteiger partial charge is 0.407 e. The van der Waals surface area contributed by atoms with Gasteiger partial charge in [-0.05, 0) is 61.1 Å². The van der Waals surface area contributed by atoms with Crippen LogP contribution >= 0.6 is 0 Å². The van der Waals surface area contributed by atoms with Crippen molar-refractivity contribution < 1.29 is 23.4 Å². The number of amides is 1. The van der Waals surface area contributed by atoms with Gasteiger partial charge in [-0.1, -0.05) is 30.3 Å². The maximum absolute atomic E-state index is 13.5. The van der Waals surface area contributed by atoms with Gasteiger partial charge in [0.1, 0.15) is 12.2 Å². The number of hydrogen-bond donors (Lipinski definition) is 4. The number of ether oxygens (including phenoxy) is 1. The minimum atomic E-state index is -0.881. The van der Waals surface area contributed by atoms with Crippen molar-refractivity contribution >= 4 is 6.09 Å². The molecule has 1 amide bonds. The fourth-order valence-electron chi connectivity index (χ4n) is 4.40. The van der Waals surface area contributed by atoms with Crippen LogP contribution in [0, 0.1) is 11.6 Å². The summed E-state index contributed by atoms with van der Waals surface area (Å²) in [6.45, 7) is 1.91. The predicted octanol–water partition coefficient (Wildman–Crippen LogP) is 2.74. The Hall–Kier alpha value is -2.55. The molecule has 2 aromatic rings. The zero-order valence-electron chi connectivity index (χ0n) is 17.8. The summed E-state index contributed by atoms with van der Waals surface area (Å²) in [6, 6.07) is 11.5. The lowest BCUT2D eigenvalue weighted by Gasteiger charge is -2.22. The van der Waals surface area contributed by atoms with Crippen molar-refractivity contribution in [3.05, 3.63) is 59.7 Å². The number of hydrogen-bond acceptors (Lipinski definition) is 5. The van der Waals surface area contributed by atoms with Crippen molar-refractivity contribution in [3.63, 3.8) is 0 Å². The summed E-state index contributed by atoms with van der Waals surface area (Å²) in [5.41, 5.74) is 2.34. The molecular weight excluding hydrogens is 416 g/mol. The SMILES string of the molecule is O=C(NCC[C@H]1CCCN1)O[C@@H]1[C@@H](O)CN[C@@H]1Cc1ccc(-c2ccc(F)c(F)c2)cc1. The number of benzene rings is 2. The Kier molecular flexibility index (Phi) is 7.34. The number of aliphatic hydroxyl groups is 1. The highest BCUT2D eigenvalue weighted by Gasteiger charge is 2.37. The average Bonchev–Trinajstić information content (AvgIpc) is 3.42. The molecule has 2 aliphatic rings. The standard InChI is InChI=1S/C24H29F2N3O3/c25-19-8-7-17(13-20(19)26)16-5-3-15(4-6-16)12-21-23(22(30)14-29-21)32-24(31)28-11-9-18-2-1-10-27-18/h3-8,13,18,21-23,27,29-30H,1-2,9-12,14H2,(H,28,31)/t18-,21-,22+,23+/m1/s1. The second kappa shape index (κ2) is 10.4. The molecule has 0 aromatic heterocycles. The number of aliphatic hydroxyl groups excluding tert-OH is 1. The summed E-state index contributed by atoms with van der Waals surface area (Å²) >= 11 is 0. The molecule has 0 saturated carbocycles. The quantitative estimate of drug-likeness (QED) is 0.527. The monoisotopic (exact) mass is 445 g/mol. The van der Waals surface area contributed by atoms with Gasteiger partial charge >= 0.3 is 6.09 Å². The minimum Gasteiger partial charge on any atom is -0.442 e. The second-order valence-electron chi connectivity index (χ2n) is 8.49. The summed E-state index contributed by atoms with van der Waals surface area (Å²) in [4.78, 5) is 12.2. The van der Waals surface area contributed by atoms with Gasteiger partial charge in [0.2, 0.25) is 0 Å². The lowest BCUT2D eigenvalue weighted by Crippen LogP contribution is -2.42. The Morgan fingerprint density at radius 1 is 1.09 bits per heavy atom. The van der Waals surface area contributed by atoms with E-state index >= 15 is 0 Å². The van der Waals surface area contributed by atoms with Crippen LogP contribution in [0.5, 0.6) is 0 Å². The van der Waals surface area contributed by atoms with E-state index in [1.807, 2.05) is 24.3 Å². The molecular formula is C24H29F2N3O3. The Morgan fingerprint density at radius 2 is 1.88 bits per heavy atom. The van der Waals surface area contributed by atoms with E-state index in [1.54, 1.807) is 0 Å². The van der Waals surface area contributed by atoms with Gasteiger partial charge in [-0.15, -0.1) is 0 Å². The third-order valence-corrected chi connectivity index (χ3v) is 6.20. The molecule has 0 unspecified atom stereocenters. The second-order valence-corrected chi connectivity index (χ2v) is 8.49. The minimum absolute atomic E-state index is 0.221. The number of carbonyl (C=O) groups excluding carboxylic acids is 1. The van der Waals surface area contributed by atoms with Crippen LogP contribution in [-0.2, 0) is 11.2 Å². The van der Waals surface area contributed by atoms with Crippen LogP contribution in [0.4, 0.5) is 13.6 Å². The lowest BCUT2D eigenvalue weighted by atomic mass is 9.98. The third kappa shape index (κ3) is 5.62. The summed E-state index contributed by atoms with van der Waals surface area (Å²) in [5, 5.41) is 19.7. The molecule has 0 aliphatic carbocycles. The van der Waals surface area contributed by atoms with E-state index in [4.69, 9.17) is 4.74 Å². The average molecular weight is 446 g/mol. The zero-order valence-corrected chi connectivity index (χ0v) is 17.8. The number of halogens is 2. The molecule has 2 saturated heterocycles. The number of nitrogens with one attached hydrogen (secondary N) is 3. The molecule has 4 rings (SSSR count).